The minimum Gasteiger partial charge on any atom is -0.329 e. The van der Waals surface area contributed by atoms with Crippen LogP contribution in [0.1, 0.15) is 0 Å². The van der Waals surface area contributed by atoms with Crippen molar-refractivity contribution in [3.8, 4) is 0 Å². The molecule has 0 saturated carbocycles. The number of halogens is 1. The van der Waals surface area contributed by atoms with Crippen LogP contribution in [-0.4, -0.2) is 0 Å². The Kier molecular flexibility index (Phi) is 16.1. The molecule has 0 unspecified atom stereocenters. The maximum absolute atomic E-state index is 10.3. The minimum absolute atomic E-state index is 0. The third-order valence-corrected chi connectivity index (χ3v) is 0.0668. The molecule has 0 atom stereocenters. The van der Waals surface area contributed by atoms with Crippen LogP contribution in [0.15, 0.2) is 12.3 Å². The van der Waals surface area contributed by atoms with Gasteiger partial charge in [0.2, 0.25) is 0 Å². The fraction of sp³-hybridized carbons (Fsp3) is 0. The summed E-state index contributed by atoms with van der Waals surface area (Å²) < 4.78 is 10.3. The third-order valence-electron chi connectivity index (χ3n) is 0.0668. The van der Waals surface area contributed by atoms with Crippen molar-refractivity contribution < 1.29 is 37.1 Å². The van der Waals surface area contributed by atoms with Gasteiger partial charge in [-0.15, -0.1) is 0 Å². The van der Waals surface area contributed by atoms with Crippen molar-refractivity contribution in [3.63, 3.8) is 0 Å². The topological polar surface area (TPSA) is 0 Å². The zero-order chi connectivity index (χ0) is 3.41. The van der Waals surface area contributed by atoms with Crippen LogP contribution in [0.4, 0.5) is 4.39 Å². The molecule has 0 aliphatic carbocycles. The van der Waals surface area contributed by atoms with Gasteiger partial charge in [0, 0.05) is 32.7 Å². The first-order valence-electron chi connectivity index (χ1n) is 0.793. The van der Waals surface area contributed by atoms with E-state index in [1.165, 1.54) is 0 Å². The summed E-state index contributed by atoms with van der Waals surface area (Å²) in [5, 5.41) is 0. The Balaban J connectivity index is 0. The molecule has 0 aliphatic heterocycles. The maximum Gasteiger partial charge on any atom is 0 e. The van der Waals surface area contributed by atoms with Gasteiger partial charge >= 0.3 is 0 Å². The summed E-state index contributed by atoms with van der Waals surface area (Å²) in [5.41, 5.74) is 1.76. The van der Waals surface area contributed by atoms with Crippen LogP contribution in [0.5, 0.6) is 0 Å². The predicted octanol–water partition coefficient (Wildman–Crippen LogP) is 1.06. The molecule has 0 heterocycles. The second-order valence-electron chi connectivity index (χ2n) is 0.271. The molecular formula is C3H2FY-. The maximum atomic E-state index is 10.3. The number of rotatable bonds is 0. The van der Waals surface area contributed by atoms with Crippen LogP contribution >= 0.6 is 0 Å². The first kappa shape index (κ1) is 9.12. The van der Waals surface area contributed by atoms with Gasteiger partial charge in [-0.25, -0.2) is 6.58 Å². The largest absolute Gasteiger partial charge is 0.329 e. The molecular weight excluding hydrogens is 144 g/mol. The Bertz CT molecular complexity index is 44.9. The van der Waals surface area contributed by atoms with Crippen LogP contribution in [-0.2, 0) is 32.7 Å². The summed E-state index contributed by atoms with van der Waals surface area (Å²) in [7, 11) is 0. The van der Waals surface area contributed by atoms with Gasteiger partial charge in [0.25, 0.3) is 0 Å². The van der Waals surface area contributed by atoms with Crippen LogP contribution in [0.2, 0.25) is 0 Å². The van der Waals surface area contributed by atoms with E-state index in [2.05, 4.69) is 6.58 Å². The second-order valence-corrected chi connectivity index (χ2v) is 0.271. The normalized spacial score (nSPS) is 3.40. The Morgan fingerprint density at radius 3 is 2.00 bits per heavy atom. The van der Waals surface area contributed by atoms with E-state index in [0.717, 1.165) is 6.33 Å². The molecule has 0 fully saturated rings. The van der Waals surface area contributed by atoms with Gasteiger partial charge in [-0.1, -0.05) is 0 Å². The van der Waals surface area contributed by atoms with Gasteiger partial charge in [0.15, 0.2) is 0 Å². The average molecular weight is 146 g/mol. The fourth-order valence-corrected chi connectivity index (χ4v) is 0. The monoisotopic (exact) mass is 146 g/mol. The zero-order valence-corrected chi connectivity index (χ0v) is 5.50. The van der Waals surface area contributed by atoms with Crippen molar-refractivity contribution in [2.24, 2.45) is 0 Å². The van der Waals surface area contributed by atoms with Gasteiger partial charge in [-0.05, 0) is 6.33 Å². The summed E-state index contributed by atoms with van der Waals surface area (Å²) in [5.74, 6) is 0. The molecule has 25 valence electrons. The number of hydrogen-bond donors (Lipinski definition) is 0. The molecule has 0 N–H and O–H groups in total. The van der Waals surface area contributed by atoms with E-state index in [1.54, 1.807) is 5.73 Å². The summed E-state index contributed by atoms with van der Waals surface area (Å²) in [6.45, 7) is 2.87. The summed E-state index contributed by atoms with van der Waals surface area (Å²) in [4.78, 5) is 0. The standard InChI is InChI=1S/C3H2F.Y/c1-2-3-4;/h1H2;/q-1;. The van der Waals surface area contributed by atoms with Gasteiger partial charge in [0.1, 0.15) is 0 Å². The average Bonchev–Trinajstić information content (AvgIpc) is 1.37. The summed E-state index contributed by atoms with van der Waals surface area (Å²) in [6, 6.07) is 0. The van der Waals surface area contributed by atoms with E-state index in [4.69, 9.17) is 0 Å². The van der Waals surface area contributed by atoms with Crippen molar-refractivity contribution in [1.82, 2.24) is 0 Å². The quantitative estimate of drug-likeness (QED) is 0.354. The van der Waals surface area contributed by atoms with Gasteiger partial charge in [-0.3, -0.25) is 0 Å². The number of hydrogen-bond acceptors (Lipinski definition) is 0. The van der Waals surface area contributed by atoms with E-state index in [0.29, 0.717) is 0 Å². The molecule has 0 amide bonds. The van der Waals surface area contributed by atoms with Crippen LogP contribution < -0.4 is 0 Å². The van der Waals surface area contributed by atoms with E-state index < -0.39 is 0 Å². The first-order valence-corrected chi connectivity index (χ1v) is 0.793. The van der Waals surface area contributed by atoms with Gasteiger partial charge in [-0.2, -0.15) is 0 Å². The predicted molar refractivity (Wildman–Crippen MR) is 13.5 cm³/mol. The molecule has 0 aromatic rings. The van der Waals surface area contributed by atoms with Crippen molar-refractivity contribution in [1.29, 1.82) is 0 Å². The molecule has 0 aromatic carbocycles. The molecule has 0 aliphatic rings. The Hall–Kier alpha value is 0.554. The van der Waals surface area contributed by atoms with E-state index in [-0.39, 0.29) is 32.7 Å². The Morgan fingerprint density at radius 2 is 2.00 bits per heavy atom. The molecule has 0 rings (SSSR count). The van der Waals surface area contributed by atoms with Gasteiger partial charge < -0.3 is 10.1 Å². The minimum atomic E-state index is 0. The van der Waals surface area contributed by atoms with E-state index in [1.807, 2.05) is 0 Å². The molecule has 1 radical (unpaired) electrons. The van der Waals surface area contributed by atoms with Crippen molar-refractivity contribution in [2.45, 2.75) is 0 Å². The van der Waals surface area contributed by atoms with E-state index in [9.17, 15) is 4.39 Å². The Labute approximate surface area is 55.6 Å². The van der Waals surface area contributed by atoms with Crippen LogP contribution in [0.3, 0.4) is 0 Å². The molecule has 0 aromatic heterocycles. The van der Waals surface area contributed by atoms with Gasteiger partial charge in [0.05, 0.1) is 0 Å². The van der Waals surface area contributed by atoms with Crippen LogP contribution in [0.25, 0.3) is 0 Å². The molecule has 2 heteroatoms. The second kappa shape index (κ2) is 8.82. The Morgan fingerprint density at radius 1 is 1.80 bits per heavy atom. The SMILES string of the molecule is C=C=[C-]F.[Y]. The molecule has 0 spiro atoms. The van der Waals surface area contributed by atoms with Crippen molar-refractivity contribution in [3.05, 3.63) is 18.6 Å². The molecule has 0 bridgehead atoms. The van der Waals surface area contributed by atoms with Crippen molar-refractivity contribution >= 4 is 0 Å². The van der Waals surface area contributed by atoms with E-state index >= 15 is 0 Å². The molecule has 5 heavy (non-hydrogen) atoms. The zero-order valence-electron chi connectivity index (χ0n) is 2.66. The van der Waals surface area contributed by atoms with Crippen molar-refractivity contribution in [2.75, 3.05) is 0 Å². The smallest absolute Gasteiger partial charge is 0 e. The summed E-state index contributed by atoms with van der Waals surface area (Å²) >= 11 is 0. The first-order chi connectivity index (χ1) is 1.91. The fourth-order valence-electron chi connectivity index (χ4n) is 0. The molecule has 0 nitrogen and oxygen atoms in total. The summed E-state index contributed by atoms with van der Waals surface area (Å²) in [6.07, 6.45) is 1.07. The van der Waals surface area contributed by atoms with Crippen LogP contribution in [0, 0.1) is 6.33 Å². The third kappa shape index (κ3) is 12.3. The molecule has 0 saturated heterocycles.